The molecule has 0 aliphatic rings. The summed E-state index contributed by atoms with van der Waals surface area (Å²) in [4.78, 5) is 0.189. The van der Waals surface area contributed by atoms with Crippen molar-refractivity contribution in [2.24, 2.45) is 10.9 Å². The van der Waals surface area contributed by atoms with Gasteiger partial charge in [0.1, 0.15) is 5.84 Å². The summed E-state index contributed by atoms with van der Waals surface area (Å²) in [7, 11) is -3.51. The highest BCUT2D eigenvalue weighted by Gasteiger charge is 2.12. The van der Waals surface area contributed by atoms with Gasteiger partial charge in [0.15, 0.2) is 0 Å². The molecule has 0 saturated carbocycles. The van der Waals surface area contributed by atoms with Gasteiger partial charge >= 0.3 is 0 Å². The van der Waals surface area contributed by atoms with Gasteiger partial charge in [-0.1, -0.05) is 23.4 Å². The normalized spacial score (nSPS) is 12.6. The number of hydrogen-bond acceptors (Lipinski definition) is 4. The Morgan fingerprint density at radius 2 is 2.00 bits per heavy atom. The third-order valence-corrected chi connectivity index (χ3v) is 3.33. The number of benzene rings is 1. The van der Waals surface area contributed by atoms with Crippen molar-refractivity contribution in [3.8, 4) is 0 Å². The van der Waals surface area contributed by atoms with Gasteiger partial charge in [0.2, 0.25) is 10.0 Å². The van der Waals surface area contributed by atoms with E-state index in [0.29, 0.717) is 0 Å². The molecule has 88 valence electrons. The van der Waals surface area contributed by atoms with E-state index in [1.807, 2.05) is 0 Å². The quantitative estimate of drug-likeness (QED) is 0.295. The van der Waals surface area contributed by atoms with E-state index in [9.17, 15) is 8.42 Å². The molecule has 7 heteroatoms. The van der Waals surface area contributed by atoms with Crippen LogP contribution in [0.4, 0.5) is 0 Å². The maximum absolute atomic E-state index is 11.6. The van der Waals surface area contributed by atoms with Crippen LogP contribution in [0.3, 0.4) is 0 Å². The van der Waals surface area contributed by atoms with Crippen molar-refractivity contribution in [2.75, 3.05) is 6.54 Å². The van der Waals surface area contributed by atoms with Crippen LogP contribution in [0.2, 0.25) is 0 Å². The molecule has 0 heterocycles. The van der Waals surface area contributed by atoms with Gasteiger partial charge in [-0.3, -0.25) is 0 Å². The van der Waals surface area contributed by atoms with E-state index in [-0.39, 0.29) is 23.7 Å². The number of nitrogens with two attached hydrogens (primary N) is 1. The maximum atomic E-state index is 11.6. The first kappa shape index (κ1) is 12.5. The lowest BCUT2D eigenvalue weighted by Crippen LogP contribution is -2.28. The molecule has 0 bridgehead atoms. The molecule has 0 spiro atoms. The Morgan fingerprint density at radius 3 is 2.56 bits per heavy atom. The first-order chi connectivity index (χ1) is 7.56. The van der Waals surface area contributed by atoms with Crippen LogP contribution in [-0.4, -0.2) is 26.0 Å². The summed E-state index contributed by atoms with van der Waals surface area (Å²) in [5, 5.41) is 11.0. The van der Waals surface area contributed by atoms with E-state index < -0.39 is 10.0 Å². The van der Waals surface area contributed by atoms with Crippen LogP contribution in [0, 0.1) is 0 Å². The SMILES string of the molecule is NC(CCNS(=O)(=O)c1ccccc1)=NO. The second-order valence-corrected chi connectivity index (χ2v) is 4.82. The van der Waals surface area contributed by atoms with Crippen molar-refractivity contribution in [2.45, 2.75) is 11.3 Å². The zero-order valence-corrected chi connectivity index (χ0v) is 9.31. The van der Waals surface area contributed by atoms with Crippen LogP contribution in [0.5, 0.6) is 0 Å². The van der Waals surface area contributed by atoms with Gasteiger partial charge in [-0.15, -0.1) is 0 Å². The summed E-state index contributed by atoms with van der Waals surface area (Å²) in [5.74, 6) is -0.0178. The number of sulfonamides is 1. The summed E-state index contributed by atoms with van der Waals surface area (Å²) < 4.78 is 25.6. The van der Waals surface area contributed by atoms with Crippen molar-refractivity contribution < 1.29 is 13.6 Å². The molecule has 0 aliphatic heterocycles. The number of oxime groups is 1. The topological polar surface area (TPSA) is 105 Å². The van der Waals surface area contributed by atoms with Crippen molar-refractivity contribution in [3.05, 3.63) is 30.3 Å². The average Bonchev–Trinajstić information content (AvgIpc) is 2.30. The van der Waals surface area contributed by atoms with Crippen molar-refractivity contribution in [1.29, 1.82) is 0 Å². The minimum atomic E-state index is -3.51. The lowest BCUT2D eigenvalue weighted by molar-refractivity contribution is 0.317. The minimum absolute atomic E-state index is 0.0178. The van der Waals surface area contributed by atoms with Gasteiger partial charge < -0.3 is 10.9 Å². The van der Waals surface area contributed by atoms with Crippen LogP contribution in [0.1, 0.15) is 6.42 Å². The second kappa shape index (κ2) is 5.47. The van der Waals surface area contributed by atoms with Crippen LogP contribution < -0.4 is 10.5 Å². The van der Waals surface area contributed by atoms with Gasteiger partial charge in [-0.05, 0) is 12.1 Å². The maximum Gasteiger partial charge on any atom is 0.240 e. The lowest BCUT2D eigenvalue weighted by Gasteiger charge is -2.05. The fraction of sp³-hybridized carbons (Fsp3) is 0.222. The highest BCUT2D eigenvalue weighted by Crippen LogP contribution is 2.06. The van der Waals surface area contributed by atoms with E-state index in [1.54, 1.807) is 18.2 Å². The second-order valence-electron chi connectivity index (χ2n) is 3.05. The smallest absolute Gasteiger partial charge is 0.240 e. The van der Waals surface area contributed by atoms with Gasteiger partial charge in [0.05, 0.1) is 4.90 Å². The number of nitrogens with one attached hydrogen (secondary N) is 1. The molecule has 1 aromatic rings. The molecule has 0 aromatic heterocycles. The van der Waals surface area contributed by atoms with Crippen LogP contribution >= 0.6 is 0 Å². The fourth-order valence-corrected chi connectivity index (χ4v) is 2.10. The Bertz CT molecular complexity index is 456. The molecule has 4 N–H and O–H groups in total. The molecule has 0 unspecified atom stereocenters. The van der Waals surface area contributed by atoms with Crippen LogP contribution in [0.15, 0.2) is 40.4 Å². The Morgan fingerprint density at radius 1 is 1.38 bits per heavy atom. The molecule has 1 rings (SSSR count). The average molecular weight is 243 g/mol. The van der Waals surface area contributed by atoms with Crippen molar-refractivity contribution in [1.82, 2.24) is 4.72 Å². The Hall–Kier alpha value is -1.60. The molecule has 0 aliphatic carbocycles. The van der Waals surface area contributed by atoms with Gasteiger partial charge in [0, 0.05) is 13.0 Å². The molecule has 0 amide bonds. The molecular weight excluding hydrogens is 230 g/mol. The lowest BCUT2D eigenvalue weighted by atomic mass is 10.4. The largest absolute Gasteiger partial charge is 0.409 e. The standard InChI is InChI=1S/C9H13N3O3S/c10-9(12-13)6-7-11-16(14,15)8-4-2-1-3-5-8/h1-5,11,13H,6-7H2,(H2,10,12). The summed E-state index contributed by atoms with van der Waals surface area (Å²) in [5.41, 5.74) is 5.21. The summed E-state index contributed by atoms with van der Waals surface area (Å²) >= 11 is 0. The van der Waals surface area contributed by atoms with Gasteiger partial charge in [-0.25, -0.2) is 13.1 Å². The zero-order chi connectivity index (χ0) is 12.0. The third kappa shape index (κ3) is 3.52. The van der Waals surface area contributed by atoms with E-state index >= 15 is 0 Å². The molecule has 0 fully saturated rings. The predicted molar refractivity (Wildman–Crippen MR) is 59.7 cm³/mol. The van der Waals surface area contributed by atoms with Crippen LogP contribution in [-0.2, 0) is 10.0 Å². The summed E-state index contributed by atoms with van der Waals surface area (Å²) in [6.07, 6.45) is 0.155. The Kier molecular flexibility index (Phi) is 4.27. The van der Waals surface area contributed by atoms with Crippen LogP contribution in [0.25, 0.3) is 0 Å². The van der Waals surface area contributed by atoms with Gasteiger partial charge in [0.25, 0.3) is 0 Å². The number of nitrogens with zero attached hydrogens (tertiary/aromatic N) is 1. The highest BCUT2D eigenvalue weighted by molar-refractivity contribution is 7.89. The molecular formula is C9H13N3O3S. The first-order valence-corrected chi connectivity index (χ1v) is 6.05. The predicted octanol–water partition coefficient (Wildman–Crippen LogP) is 0.101. The fourth-order valence-electron chi connectivity index (χ4n) is 1.05. The Labute approximate surface area is 93.8 Å². The monoisotopic (exact) mass is 243 g/mol. The summed E-state index contributed by atoms with van der Waals surface area (Å²) in [6.45, 7) is 0.0904. The van der Waals surface area contributed by atoms with Gasteiger partial charge in [-0.2, -0.15) is 0 Å². The molecule has 0 radical (unpaired) electrons. The third-order valence-electron chi connectivity index (χ3n) is 1.86. The number of rotatable bonds is 5. The molecule has 1 aromatic carbocycles. The summed E-state index contributed by atoms with van der Waals surface area (Å²) in [6, 6.07) is 7.99. The van der Waals surface area contributed by atoms with E-state index in [1.165, 1.54) is 12.1 Å². The highest BCUT2D eigenvalue weighted by atomic mass is 32.2. The zero-order valence-electron chi connectivity index (χ0n) is 8.50. The Balaban J connectivity index is 2.61. The molecule has 6 nitrogen and oxygen atoms in total. The minimum Gasteiger partial charge on any atom is -0.409 e. The molecule has 0 atom stereocenters. The van der Waals surface area contributed by atoms with E-state index in [4.69, 9.17) is 10.9 Å². The van der Waals surface area contributed by atoms with E-state index in [2.05, 4.69) is 9.88 Å². The molecule has 0 saturated heterocycles. The number of hydrogen-bond donors (Lipinski definition) is 3. The first-order valence-electron chi connectivity index (χ1n) is 4.57. The molecule has 16 heavy (non-hydrogen) atoms. The van der Waals surface area contributed by atoms with Crippen molar-refractivity contribution in [3.63, 3.8) is 0 Å². The number of amidine groups is 1. The van der Waals surface area contributed by atoms with E-state index in [0.717, 1.165) is 0 Å². The van der Waals surface area contributed by atoms with Crippen molar-refractivity contribution >= 4 is 15.9 Å².